The summed E-state index contributed by atoms with van der Waals surface area (Å²) < 4.78 is 0. The zero-order valence-corrected chi connectivity index (χ0v) is 10.2. The summed E-state index contributed by atoms with van der Waals surface area (Å²) in [6, 6.07) is 0. The van der Waals surface area contributed by atoms with E-state index in [1.54, 1.807) is 0 Å². The van der Waals surface area contributed by atoms with E-state index in [4.69, 9.17) is 0 Å². The number of hydrogen-bond donors (Lipinski definition) is 0. The summed E-state index contributed by atoms with van der Waals surface area (Å²) in [6.45, 7) is 0. The van der Waals surface area contributed by atoms with Crippen LogP contribution in [-0.4, -0.2) is 78.2 Å². The molecular formula is H7AlCaFeMgZn. The maximum Gasteiger partial charge on any atom is 2.00 e. The molecule has 0 nitrogen and oxygen atoms in total. The van der Waals surface area contributed by atoms with Crippen LogP contribution < -0.4 is 0 Å². The Labute approximate surface area is 118 Å². The predicted octanol–water partition coefficient (Wildman–Crippen LogP) is -1.50. The maximum atomic E-state index is 0. The van der Waals surface area contributed by atoms with Crippen LogP contribution in [0.25, 0.3) is 0 Å². The molecule has 0 unspecified atom stereocenters. The van der Waals surface area contributed by atoms with Crippen LogP contribution in [0.4, 0.5) is 0 Å². The van der Waals surface area contributed by atoms with Gasteiger partial charge < -0.3 is 5.71 Å². The molecule has 0 aromatic rings. The van der Waals surface area contributed by atoms with Crippen molar-refractivity contribution in [2.24, 2.45) is 0 Å². The van der Waals surface area contributed by atoms with Crippen LogP contribution >= 0.6 is 0 Å². The van der Waals surface area contributed by atoms with Crippen LogP contribution in [0.5, 0.6) is 0 Å². The molecule has 0 atom stereocenters. The second-order valence-electron chi connectivity index (χ2n) is 0. The van der Waals surface area contributed by atoms with Gasteiger partial charge in [0.05, 0.1) is 0 Å². The minimum absolute atomic E-state index is 0. The third kappa shape index (κ3) is 18.3. The van der Waals surface area contributed by atoms with Crippen LogP contribution in [0.1, 0.15) is 5.71 Å². The second kappa shape index (κ2) is 25.2. The zero-order chi connectivity index (χ0) is 0. The van der Waals surface area contributed by atoms with Crippen molar-refractivity contribution in [3.63, 3.8) is 0 Å². The molecule has 0 aliphatic rings. The molecule has 0 radical (unpaired) electrons. The average Bonchev–Trinajstić information content (AvgIpc) is 0. The monoisotopic (exact) mass is 218 g/mol. The fourth-order valence-electron chi connectivity index (χ4n) is 0. The third-order valence-corrected chi connectivity index (χ3v) is 0. The van der Waals surface area contributed by atoms with E-state index in [9.17, 15) is 0 Å². The van der Waals surface area contributed by atoms with Crippen molar-refractivity contribution < 1.29 is 42.3 Å². The van der Waals surface area contributed by atoms with Crippen LogP contribution in [0.3, 0.4) is 0 Å². The normalized spacial score (nSPS) is 0. The Balaban J connectivity index is 0. The minimum Gasteiger partial charge on any atom is -1.00 e. The third-order valence-electron chi connectivity index (χ3n) is 0. The topological polar surface area (TPSA) is 0 Å². The maximum absolute atomic E-state index is 0. The molecule has 0 aliphatic heterocycles. The molecule has 0 aliphatic carbocycles. The van der Waals surface area contributed by atoms with Gasteiger partial charge in [0.2, 0.25) is 0 Å². The molecule has 0 aromatic heterocycles. The van der Waals surface area contributed by atoms with Gasteiger partial charge in [-0.3, -0.25) is 0 Å². The van der Waals surface area contributed by atoms with Gasteiger partial charge in [-0.05, 0) is 0 Å². The van der Waals surface area contributed by atoms with Crippen LogP contribution in [0, 0.1) is 0 Å². The fraction of sp³-hybridized carbons (Fsp3) is 0. The first-order valence-corrected chi connectivity index (χ1v) is 0. The summed E-state index contributed by atoms with van der Waals surface area (Å²) in [6.07, 6.45) is 0. The zero-order valence-electron chi connectivity index (χ0n) is 6.47. The fourth-order valence-corrected chi connectivity index (χ4v) is 0. The molecule has 5 heteroatoms. The Morgan fingerprint density at radius 1 is 1.20 bits per heavy atom. The van der Waals surface area contributed by atoms with Gasteiger partial charge in [-0.1, -0.05) is 0 Å². The van der Waals surface area contributed by atoms with Gasteiger partial charge in [-0.2, -0.15) is 0 Å². The van der Waals surface area contributed by atoms with Crippen LogP contribution in [0.15, 0.2) is 0 Å². The molecule has 0 N–H and O–H groups in total. The molecule has 0 amide bonds. The largest absolute Gasteiger partial charge is 2.00 e. The summed E-state index contributed by atoms with van der Waals surface area (Å²) in [5.74, 6) is 0. The van der Waals surface area contributed by atoms with E-state index >= 15 is 0 Å². The summed E-state index contributed by atoms with van der Waals surface area (Å²) in [5, 5.41) is 0. The van der Waals surface area contributed by atoms with Crippen molar-refractivity contribution in [3.8, 4) is 0 Å². The van der Waals surface area contributed by atoms with E-state index in [-0.39, 0.29) is 120 Å². The Morgan fingerprint density at radius 2 is 1.20 bits per heavy atom. The van der Waals surface area contributed by atoms with Gasteiger partial charge in [-0.25, -0.2) is 0 Å². The van der Waals surface area contributed by atoms with E-state index in [0.717, 1.165) is 0 Å². The number of hydrogen-bond acceptors (Lipinski definition) is 0. The first-order valence-electron chi connectivity index (χ1n) is 0. The van der Waals surface area contributed by atoms with Crippen molar-refractivity contribution in [1.82, 2.24) is 0 Å². The van der Waals surface area contributed by atoms with Gasteiger partial charge in [0.25, 0.3) is 0 Å². The predicted molar refractivity (Wildman–Crippen MR) is 25.9 cm³/mol. The molecule has 0 fully saturated rings. The van der Waals surface area contributed by atoms with Gasteiger partial charge in [-0.15, -0.1) is 0 Å². The van der Waals surface area contributed by atoms with Gasteiger partial charge in [0.1, 0.15) is 0 Å². The van der Waals surface area contributed by atoms with Crippen molar-refractivity contribution in [1.29, 1.82) is 0 Å². The Hall–Kier alpha value is 3.70. The van der Waals surface area contributed by atoms with Crippen molar-refractivity contribution in [2.75, 3.05) is 0 Å². The van der Waals surface area contributed by atoms with E-state index < -0.39 is 0 Å². The Kier molecular flexibility index (Phi) is 190. The SMILES string of the molecule is [AlH3].[Ca+2].[Fe].[H-].[H-].[H-].[H-].[Mg+2].[Zn]. The smallest absolute Gasteiger partial charge is 1.00 e. The van der Waals surface area contributed by atoms with Crippen LogP contribution in [0.2, 0.25) is 0 Å². The summed E-state index contributed by atoms with van der Waals surface area (Å²) >= 11 is 0. The molecule has 0 aromatic carbocycles. The Morgan fingerprint density at radius 3 is 1.20 bits per heavy atom. The van der Waals surface area contributed by atoms with Gasteiger partial charge in [0.15, 0.2) is 17.4 Å². The first-order chi connectivity index (χ1) is 0. The second-order valence-corrected chi connectivity index (χ2v) is 0. The summed E-state index contributed by atoms with van der Waals surface area (Å²) in [7, 11) is 0. The standard InChI is InChI=1S/Al.Ca.Fe.Mg.Zn.7H/q;+2;;+2;;;;;4*-1. The molecule has 0 rings (SSSR count). The number of rotatable bonds is 0. The quantitative estimate of drug-likeness (QED) is 0.435. The van der Waals surface area contributed by atoms with E-state index in [1.807, 2.05) is 0 Å². The van der Waals surface area contributed by atoms with Gasteiger partial charge >= 0.3 is 60.8 Å². The average molecular weight is 220 g/mol. The Bertz CT molecular complexity index is 20.5. The first kappa shape index (κ1) is 37.7. The molecule has 0 spiro atoms. The molecule has 24 valence electrons. The molecule has 0 bridgehead atoms. The van der Waals surface area contributed by atoms with Crippen molar-refractivity contribution in [3.05, 3.63) is 0 Å². The van der Waals surface area contributed by atoms with Gasteiger partial charge in [0, 0.05) is 36.5 Å². The molecule has 0 saturated carbocycles. The molecular weight excluding hydrogens is 213 g/mol. The van der Waals surface area contributed by atoms with E-state index in [0.29, 0.717) is 0 Å². The summed E-state index contributed by atoms with van der Waals surface area (Å²) in [5.41, 5.74) is 0. The van der Waals surface area contributed by atoms with E-state index in [2.05, 4.69) is 0 Å². The molecule has 0 heterocycles. The van der Waals surface area contributed by atoms with E-state index in [1.165, 1.54) is 0 Å². The minimum atomic E-state index is 0. The summed E-state index contributed by atoms with van der Waals surface area (Å²) in [4.78, 5) is 0. The van der Waals surface area contributed by atoms with Crippen molar-refractivity contribution >= 4 is 78.2 Å². The van der Waals surface area contributed by atoms with Crippen molar-refractivity contribution in [2.45, 2.75) is 0 Å². The molecule has 0 saturated heterocycles. The molecule has 5 heavy (non-hydrogen) atoms. The van der Waals surface area contributed by atoms with Crippen LogP contribution in [-0.2, 0) is 36.5 Å².